The molecule has 1 unspecified atom stereocenters. The van der Waals surface area contributed by atoms with Gasteiger partial charge in [0.25, 0.3) is 0 Å². The molecule has 4 nitrogen and oxygen atoms in total. The van der Waals surface area contributed by atoms with Crippen molar-refractivity contribution in [3.05, 3.63) is 17.5 Å². The largest absolute Gasteiger partial charge is 0.394 e. The van der Waals surface area contributed by atoms with Crippen molar-refractivity contribution in [1.29, 1.82) is 0 Å². The molecular weight excluding hydrogens is 250 g/mol. The van der Waals surface area contributed by atoms with Crippen LogP contribution in [0.15, 0.2) is 6.20 Å². The van der Waals surface area contributed by atoms with E-state index in [1.807, 2.05) is 10.9 Å². The molecule has 1 aromatic rings. The van der Waals surface area contributed by atoms with E-state index in [1.54, 1.807) is 0 Å². The zero-order chi connectivity index (χ0) is 13.5. The van der Waals surface area contributed by atoms with Crippen LogP contribution in [0.5, 0.6) is 0 Å². The fourth-order valence-electron chi connectivity index (χ4n) is 3.88. The third-order valence-electron chi connectivity index (χ3n) is 5.23. The number of fused-ring (bicyclic) bond motifs is 1. The maximum atomic E-state index is 9.14. The Morgan fingerprint density at radius 2 is 2.00 bits per heavy atom. The molecule has 0 bridgehead atoms. The molecule has 0 saturated heterocycles. The molecule has 110 valence electrons. The van der Waals surface area contributed by atoms with Crippen LogP contribution in [-0.2, 0) is 13.0 Å². The van der Waals surface area contributed by atoms with Gasteiger partial charge in [-0.3, -0.25) is 4.68 Å². The summed E-state index contributed by atoms with van der Waals surface area (Å²) in [6.07, 6.45) is 11.4. The lowest BCUT2D eigenvalue weighted by atomic mass is 9.91. The minimum atomic E-state index is 0.180. The maximum Gasteiger partial charge on any atom is 0.0644 e. The Hall–Kier alpha value is -0.870. The highest BCUT2D eigenvalue weighted by molar-refractivity contribution is 5.25. The van der Waals surface area contributed by atoms with Gasteiger partial charge in [-0.1, -0.05) is 0 Å². The lowest BCUT2D eigenvalue weighted by Crippen LogP contribution is -2.37. The molecule has 0 radical (unpaired) electrons. The van der Waals surface area contributed by atoms with Gasteiger partial charge in [0, 0.05) is 23.3 Å². The van der Waals surface area contributed by atoms with Crippen LogP contribution < -0.4 is 5.32 Å². The maximum absolute atomic E-state index is 9.14. The van der Waals surface area contributed by atoms with Crippen LogP contribution in [0.3, 0.4) is 0 Å². The van der Waals surface area contributed by atoms with Gasteiger partial charge in [0.05, 0.1) is 19.3 Å². The smallest absolute Gasteiger partial charge is 0.0644 e. The van der Waals surface area contributed by atoms with Gasteiger partial charge >= 0.3 is 0 Å². The second-order valence-corrected chi connectivity index (χ2v) is 6.81. The van der Waals surface area contributed by atoms with E-state index >= 15 is 0 Å². The molecule has 20 heavy (non-hydrogen) atoms. The number of aliphatic hydroxyl groups excluding tert-OH is 1. The predicted molar refractivity (Wildman–Crippen MR) is 77.4 cm³/mol. The minimum absolute atomic E-state index is 0.180. The van der Waals surface area contributed by atoms with Crippen LogP contribution in [0, 0.1) is 11.8 Å². The Kier molecular flexibility index (Phi) is 3.31. The van der Waals surface area contributed by atoms with Gasteiger partial charge in [-0.25, -0.2) is 0 Å². The Morgan fingerprint density at radius 1 is 1.25 bits per heavy atom. The highest BCUT2D eigenvalue weighted by Crippen LogP contribution is 2.46. The molecular formula is C16H25N3O. The van der Waals surface area contributed by atoms with Crippen LogP contribution in [0.2, 0.25) is 0 Å². The lowest BCUT2D eigenvalue weighted by molar-refractivity contribution is 0.265. The highest BCUT2D eigenvalue weighted by Gasteiger charge is 2.42. The molecule has 0 aliphatic heterocycles. The summed E-state index contributed by atoms with van der Waals surface area (Å²) in [5.74, 6) is 1.89. The van der Waals surface area contributed by atoms with E-state index in [9.17, 15) is 0 Å². The summed E-state index contributed by atoms with van der Waals surface area (Å²) in [6, 6.07) is 1.25. The van der Waals surface area contributed by atoms with Gasteiger partial charge < -0.3 is 10.4 Å². The van der Waals surface area contributed by atoms with E-state index in [-0.39, 0.29) is 6.61 Å². The molecule has 0 spiro atoms. The summed E-state index contributed by atoms with van der Waals surface area (Å²) in [5, 5.41) is 17.6. The first-order valence-electron chi connectivity index (χ1n) is 8.28. The number of aromatic nitrogens is 2. The summed E-state index contributed by atoms with van der Waals surface area (Å²) in [6.45, 7) is 0.815. The van der Waals surface area contributed by atoms with Crippen molar-refractivity contribution in [2.45, 2.75) is 63.6 Å². The molecule has 1 aromatic heterocycles. The van der Waals surface area contributed by atoms with Crippen LogP contribution in [0.4, 0.5) is 0 Å². The summed E-state index contributed by atoms with van der Waals surface area (Å²) >= 11 is 0. The summed E-state index contributed by atoms with van der Waals surface area (Å²) in [5.41, 5.74) is 2.75. The third-order valence-corrected chi connectivity index (χ3v) is 5.23. The van der Waals surface area contributed by atoms with Crippen molar-refractivity contribution in [1.82, 2.24) is 15.1 Å². The quantitative estimate of drug-likeness (QED) is 0.835. The van der Waals surface area contributed by atoms with E-state index in [0.717, 1.165) is 24.3 Å². The van der Waals surface area contributed by atoms with Gasteiger partial charge in [0.15, 0.2) is 0 Å². The lowest BCUT2D eigenvalue weighted by Gasteiger charge is -2.29. The van der Waals surface area contributed by atoms with Gasteiger partial charge in [0.1, 0.15) is 0 Å². The molecule has 4 rings (SSSR count). The molecule has 0 amide bonds. The van der Waals surface area contributed by atoms with Crippen molar-refractivity contribution in [3.8, 4) is 0 Å². The first-order valence-corrected chi connectivity index (χ1v) is 8.28. The molecule has 3 aliphatic rings. The normalized spacial score (nSPS) is 26.0. The van der Waals surface area contributed by atoms with E-state index in [4.69, 9.17) is 5.11 Å². The van der Waals surface area contributed by atoms with Crippen molar-refractivity contribution in [2.75, 3.05) is 6.61 Å². The van der Waals surface area contributed by atoms with Crippen LogP contribution in [0.25, 0.3) is 0 Å². The van der Waals surface area contributed by atoms with E-state index in [1.165, 1.54) is 49.8 Å². The van der Waals surface area contributed by atoms with Crippen molar-refractivity contribution >= 4 is 0 Å². The SMILES string of the molecule is OCCn1ncc2c1CCCC2NC(C1CC1)C1CC1. The van der Waals surface area contributed by atoms with E-state index < -0.39 is 0 Å². The Morgan fingerprint density at radius 3 is 2.65 bits per heavy atom. The van der Waals surface area contributed by atoms with Gasteiger partial charge in [-0.15, -0.1) is 0 Å². The monoisotopic (exact) mass is 275 g/mol. The highest BCUT2D eigenvalue weighted by atomic mass is 16.3. The van der Waals surface area contributed by atoms with Crippen molar-refractivity contribution in [3.63, 3.8) is 0 Å². The summed E-state index contributed by atoms with van der Waals surface area (Å²) in [4.78, 5) is 0. The summed E-state index contributed by atoms with van der Waals surface area (Å²) < 4.78 is 2.01. The molecule has 2 N–H and O–H groups in total. The molecule has 3 aliphatic carbocycles. The Bertz CT molecular complexity index is 464. The summed E-state index contributed by atoms with van der Waals surface area (Å²) in [7, 11) is 0. The van der Waals surface area contributed by atoms with E-state index in [0.29, 0.717) is 12.6 Å². The molecule has 2 fully saturated rings. The average Bonchev–Trinajstić information content (AvgIpc) is 3.36. The Labute approximate surface area is 120 Å². The van der Waals surface area contributed by atoms with Crippen LogP contribution in [0.1, 0.15) is 55.8 Å². The van der Waals surface area contributed by atoms with Gasteiger partial charge in [-0.05, 0) is 56.8 Å². The fourth-order valence-corrected chi connectivity index (χ4v) is 3.88. The number of nitrogens with zero attached hydrogens (tertiary/aromatic N) is 2. The zero-order valence-corrected chi connectivity index (χ0v) is 12.1. The predicted octanol–water partition coefficient (Wildman–Crippen LogP) is 2.03. The second kappa shape index (κ2) is 5.15. The zero-order valence-electron chi connectivity index (χ0n) is 12.1. The topological polar surface area (TPSA) is 50.1 Å². The van der Waals surface area contributed by atoms with Crippen LogP contribution in [-0.4, -0.2) is 27.5 Å². The number of nitrogens with one attached hydrogen (secondary N) is 1. The standard InChI is InChI=1S/C16H25N3O/c20-9-8-19-15-3-1-2-14(13(15)10-17-19)18-16(11-4-5-11)12-6-7-12/h10-12,14,16,18,20H,1-9H2. The van der Waals surface area contributed by atoms with E-state index in [2.05, 4.69) is 10.4 Å². The molecule has 1 heterocycles. The second-order valence-electron chi connectivity index (χ2n) is 6.81. The first-order chi connectivity index (χ1) is 9.86. The number of rotatable bonds is 6. The van der Waals surface area contributed by atoms with Crippen molar-refractivity contribution < 1.29 is 5.11 Å². The molecule has 0 aromatic carbocycles. The van der Waals surface area contributed by atoms with Crippen LogP contribution >= 0.6 is 0 Å². The molecule has 2 saturated carbocycles. The molecule has 4 heteroatoms. The number of aliphatic hydroxyl groups is 1. The van der Waals surface area contributed by atoms with Crippen molar-refractivity contribution in [2.24, 2.45) is 11.8 Å². The number of hydrogen-bond donors (Lipinski definition) is 2. The van der Waals surface area contributed by atoms with Gasteiger partial charge in [-0.2, -0.15) is 5.10 Å². The average molecular weight is 275 g/mol. The minimum Gasteiger partial charge on any atom is -0.394 e. The fraction of sp³-hybridized carbons (Fsp3) is 0.812. The first kappa shape index (κ1) is 12.8. The molecule has 1 atom stereocenters. The third kappa shape index (κ3) is 2.40. The Balaban J connectivity index is 1.52. The number of hydrogen-bond acceptors (Lipinski definition) is 3. The van der Waals surface area contributed by atoms with Gasteiger partial charge in [0.2, 0.25) is 0 Å².